The predicted octanol–water partition coefficient (Wildman–Crippen LogP) is 4.34. The summed E-state index contributed by atoms with van der Waals surface area (Å²) in [5.41, 5.74) is 2.55. The Balaban J connectivity index is 1.40. The Labute approximate surface area is 173 Å². The highest BCUT2D eigenvalue weighted by atomic mass is 35.5. The number of morpholine rings is 1. The summed E-state index contributed by atoms with van der Waals surface area (Å²) in [5.74, 6) is 1.11. The topological polar surface area (TPSA) is 28.6 Å². The molecule has 2 aliphatic heterocycles. The first kappa shape index (κ1) is 19.7. The first-order chi connectivity index (χ1) is 13.6. The summed E-state index contributed by atoms with van der Waals surface area (Å²) >= 11 is 6.05. The Hall–Kier alpha value is -1.62. The molecule has 2 fully saturated rings. The summed E-state index contributed by atoms with van der Waals surface area (Å²) in [6.07, 6.45) is 5.65. The van der Waals surface area contributed by atoms with Crippen molar-refractivity contribution in [3.8, 4) is 0 Å². The largest absolute Gasteiger partial charge is 0.376 e. The molecule has 4 rings (SSSR count). The molecule has 2 atom stereocenters. The molecule has 0 bridgehead atoms. The third-order valence-corrected chi connectivity index (χ3v) is 6.30. The Morgan fingerprint density at radius 3 is 2.54 bits per heavy atom. The number of ether oxygens (including phenoxy) is 1. The molecule has 4 nitrogen and oxygen atoms in total. The first-order valence-electron chi connectivity index (χ1n) is 10.4. The first-order valence-corrected chi connectivity index (χ1v) is 10.8. The van der Waals surface area contributed by atoms with Gasteiger partial charge in [-0.15, -0.1) is 0 Å². The van der Waals surface area contributed by atoms with E-state index in [1.54, 1.807) is 0 Å². The van der Waals surface area contributed by atoms with Crippen LogP contribution >= 0.6 is 11.6 Å². The van der Waals surface area contributed by atoms with Gasteiger partial charge in [-0.25, -0.2) is 4.98 Å². The van der Waals surface area contributed by atoms with Gasteiger partial charge in [-0.3, -0.25) is 4.90 Å². The van der Waals surface area contributed by atoms with Crippen LogP contribution in [0.4, 0.5) is 5.82 Å². The van der Waals surface area contributed by atoms with Crippen LogP contribution in [0.1, 0.15) is 30.9 Å². The third-order valence-electron chi connectivity index (χ3n) is 6.05. The summed E-state index contributed by atoms with van der Waals surface area (Å²) in [4.78, 5) is 9.75. The van der Waals surface area contributed by atoms with Crippen LogP contribution in [0.15, 0.2) is 42.6 Å². The normalized spacial score (nSPS) is 24.5. The van der Waals surface area contributed by atoms with Crippen LogP contribution in [-0.4, -0.2) is 54.3 Å². The molecule has 3 heterocycles. The monoisotopic (exact) mass is 399 g/mol. The van der Waals surface area contributed by atoms with E-state index in [0.29, 0.717) is 18.2 Å². The van der Waals surface area contributed by atoms with Gasteiger partial charge in [-0.2, -0.15) is 0 Å². The fourth-order valence-electron chi connectivity index (χ4n) is 4.46. The van der Waals surface area contributed by atoms with E-state index < -0.39 is 0 Å². The fraction of sp³-hybridized carbons (Fsp3) is 0.522. The number of nitrogens with zero attached hydrogens (tertiary/aromatic N) is 3. The van der Waals surface area contributed by atoms with Gasteiger partial charge in [-0.05, 0) is 62.4 Å². The lowest BCUT2D eigenvalue weighted by Crippen LogP contribution is -2.56. The summed E-state index contributed by atoms with van der Waals surface area (Å²) in [5, 5.41) is 0.797. The number of halogens is 1. The van der Waals surface area contributed by atoms with E-state index in [-0.39, 0.29) is 0 Å². The SMILES string of the molecule is Cc1ccc(N2CCC(N3C[C@H](C)OC[C@@H]3Cc3ccc(Cl)cc3)CC2)nc1. The molecule has 0 N–H and O–H groups in total. The number of hydrogen-bond donors (Lipinski definition) is 0. The van der Waals surface area contributed by atoms with Gasteiger partial charge in [0.25, 0.3) is 0 Å². The standard InChI is InChI=1S/C23H30ClN3O/c1-17-3-8-23(25-14-17)26-11-9-21(10-12-26)27-15-18(2)28-16-22(27)13-19-4-6-20(24)7-5-19/h3-8,14,18,21-22H,9-13,15-16H2,1-2H3/t18-,22-/m0/s1. The molecule has 5 heteroatoms. The maximum atomic E-state index is 6.05. The second kappa shape index (κ2) is 8.81. The zero-order valence-corrected chi connectivity index (χ0v) is 17.6. The van der Waals surface area contributed by atoms with E-state index in [1.807, 2.05) is 18.3 Å². The van der Waals surface area contributed by atoms with Gasteiger partial charge in [-0.1, -0.05) is 29.8 Å². The molecule has 0 spiro atoms. The number of aryl methyl sites for hydroxylation is 1. The van der Waals surface area contributed by atoms with Crippen LogP contribution in [-0.2, 0) is 11.2 Å². The van der Waals surface area contributed by atoms with E-state index in [9.17, 15) is 0 Å². The minimum Gasteiger partial charge on any atom is -0.376 e. The molecule has 2 aliphatic rings. The summed E-state index contributed by atoms with van der Waals surface area (Å²) in [7, 11) is 0. The van der Waals surface area contributed by atoms with Crippen LogP contribution in [0, 0.1) is 6.92 Å². The molecule has 0 amide bonds. The maximum absolute atomic E-state index is 6.05. The quantitative estimate of drug-likeness (QED) is 0.764. The number of aromatic nitrogens is 1. The fourth-order valence-corrected chi connectivity index (χ4v) is 4.59. The van der Waals surface area contributed by atoms with Gasteiger partial charge in [0.2, 0.25) is 0 Å². The highest BCUT2D eigenvalue weighted by molar-refractivity contribution is 6.30. The highest BCUT2D eigenvalue weighted by Gasteiger charge is 2.34. The van der Waals surface area contributed by atoms with Crippen molar-refractivity contribution >= 4 is 17.4 Å². The van der Waals surface area contributed by atoms with Crippen LogP contribution in [0.25, 0.3) is 0 Å². The van der Waals surface area contributed by atoms with Crippen LogP contribution in [0.5, 0.6) is 0 Å². The zero-order valence-electron chi connectivity index (χ0n) is 16.9. The predicted molar refractivity (Wildman–Crippen MR) is 115 cm³/mol. The highest BCUT2D eigenvalue weighted by Crippen LogP contribution is 2.27. The molecule has 1 aromatic heterocycles. The molecular weight excluding hydrogens is 370 g/mol. The van der Waals surface area contributed by atoms with Crippen molar-refractivity contribution in [2.45, 2.75) is 51.3 Å². The minimum absolute atomic E-state index is 0.304. The Morgan fingerprint density at radius 2 is 1.86 bits per heavy atom. The second-order valence-corrected chi connectivity index (χ2v) is 8.67. The molecule has 0 aliphatic carbocycles. The van der Waals surface area contributed by atoms with Crippen molar-refractivity contribution in [3.63, 3.8) is 0 Å². The van der Waals surface area contributed by atoms with Gasteiger partial charge in [0.1, 0.15) is 5.82 Å². The smallest absolute Gasteiger partial charge is 0.128 e. The average Bonchev–Trinajstić information content (AvgIpc) is 2.72. The molecule has 2 aromatic rings. The zero-order chi connectivity index (χ0) is 19.5. The average molecular weight is 400 g/mol. The number of rotatable bonds is 4. The molecular formula is C23H30ClN3O. The van der Waals surface area contributed by atoms with Crippen molar-refractivity contribution in [1.29, 1.82) is 0 Å². The molecule has 2 saturated heterocycles. The number of benzene rings is 1. The van der Waals surface area contributed by atoms with E-state index in [1.165, 1.54) is 24.0 Å². The molecule has 1 aromatic carbocycles. The van der Waals surface area contributed by atoms with Gasteiger partial charge in [0.15, 0.2) is 0 Å². The van der Waals surface area contributed by atoms with E-state index in [0.717, 1.165) is 43.5 Å². The molecule has 150 valence electrons. The summed E-state index contributed by atoms with van der Waals surface area (Å²) in [6, 6.07) is 13.6. The van der Waals surface area contributed by atoms with Crippen LogP contribution in [0.2, 0.25) is 5.02 Å². The molecule has 0 radical (unpaired) electrons. The lowest BCUT2D eigenvalue weighted by Gasteiger charge is -2.46. The molecule has 28 heavy (non-hydrogen) atoms. The lowest BCUT2D eigenvalue weighted by atomic mass is 9.96. The number of anilines is 1. The van der Waals surface area contributed by atoms with Crippen molar-refractivity contribution in [3.05, 3.63) is 58.7 Å². The third kappa shape index (κ3) is 4.68. The Morgan fingerprint density at radius 1 is 1.11 bits per heavy atom. The van der Waals surface area contributed by atoms with E-state index >= 15 is 0 Å². The molecule has 0 saturated carbocycles. The van der Waals surface area contributed by atoms with E-state index in [2.05, 4.69) is 52.9 Å². The van der Waals surface area contributed by atoms with Crippen molar-refractivity contribution < 1.29 is 4.74 Å². The van der Waals surface area contributed by atoms with Gasteiger partial charge in [0, 0.05) is 42.9 Å². The van der Waals surface area contributed by atoms with E-state index in [4.69, 9.17) is 16.3 Å². The summed E-state index contributed by atoms with van der Waals surface area (Å²) in [6.45, 7) is 8.25. The van der Waals surface area contributed by atoms with Gasteiger partial charge >= 0.3 is 0 Å². The number of pyridine rings is 1. The minimum atomic E-state index is 0.304. The van der Waals surface area contributed by atoms with Crippen LogP contribution in [0.3, 0.4) is 0 Å². The van der Waals surface area contributed by atoms with Crippen molar-refractivity contribution in [1.82, 2.24) is 9.88 Å². The number of piperidine rings is 1. The maximum Gasteiger partial charge on any atom is 0.128 e. The second-order valence-electron chi connectivity index (χ2n) is 8.24. The Kier molecular flexibility index (Phi) is 6.19. The lowest BCUT2D eigenvalue weighted by molar-refractivity contribution is -0.0745. The summed E-state index contributed by atoms with van der Waals surface area (Å²) < 4.78 is 6.02. The van der Waals surface area contributed by atoms with Gasteiger partial charge < -0.3 is 9.64 Å². The van der Waals surface area contributed by atoms with Crippen LogP contribution < -0.4 is 4.90 Å². The number of hydrogen-bond acceptors (Lipinski definition) is 4. The van der Waals surface area contributed by atoms with Crippen molar-refractivity contribution in [2.75, 3.05) is 31.1 Å². The Bertz CT molecular complexity index is 756. The van der Waals surface area contributed by atoms with Gasteiger partial charge in [0.05, 0.1) is 12.7 Å². The van der Waals surface area contributed by atoms with Crippen molar-refractivity contribution in [2.24, 2.45) is 0 Å². The molecule has 0 unspecified atom stereocenters.